The number of thiophene rings is 1. The molecule has 2 aliphatic rings. The van der Waals surface area contributed by atoms with Crippen LogP contribution in [0.1, 0.15) is 46.4 Å². The zero-order valence-electron chi connectivity index (χ0n) is 16.1. The lowest BCUT2D eigenvalue weighted by Crippen LogP contribution is -2.44. The number of para-hydroxylation sites is 1. The van der Waals surface area contributed by atoms with Crippen LogP contribution in [0.25, 0.3) is 10.2 Å². The topological polar surface area (TPSA) is 53.5 Å². The molecule has 0 N–H and O–H groups in total. The van der Waals surface area contributed by atoms with Crippen molar-refractivity contribution in [3.8, 4) is 0 Å². The van der Waals surface area contributed by atoms with Crippen molar-refractivity contribution in [1.82, 2.24) is 14.8 Å². The van der Waals surface area contributed by atoms with Crippen LogP contribution < -0.4 is 0 Å². The third kappa shape index (κ3) is 3.57. The van der Waals surface area contributed by atoms with E-state index in [4.69, 9.17) is 4.98 Å². The lowest BCUT2D eigenvalue weighted by molar-refractivity contribution is -0.137. The second kappa shape index (κ2) is 7.88. The number of thiazole rings is 1. The van der Waals surface area contributed by atoms with E-state index in [-0.39, 0.29) is 23.8 Å². The predicted molar refractivity (Wildman–Crippen MR) is 116 cm³/mol. The molecule has 0 radical (unpaired) electrons. The molecule has 0 bridgehead atoms. The van der Waals surface area contributed by atoms with Crippen LogP contribution >= 0.6 is 22.7 Å². The maximum Gasteiger partial charge on any atom is 0.263 e. The van der Waals surface area contributed by atoms with Crippen LogP contribution in [0, 0.1) is 5.92 Å². The van der Waals surface area contributed by atoms with Gasteiger partial charge in [0.15, 0.2) is 0 Å². The van der Waals surface area contributed by atoms with Crippen LogP contribution in [0.4, 0.5) is 0 Å². The molecule has 29 heavy (non-hydrogen) atoms. The fraction of sp³-hybridized carbons (Fsp3) is 0.409. The van der Waals surface area contributed by atoms with Gasteiger partial charge in [-0.15, -0.1) is 22.7 Å². The van der Waals surface area contributed by atoms with Crippen molar-refractivity contribution in [1.29, 1.82) is 0 Å². The maximum absolute atomic E-state index is 13.3. The van der Waals surface area contributed by atoms with E-state index in [1.54, 1.807) is 11.3 Å². The number of carbonyl (C=O) groups is 2. The minimum atomic E-state index is 0.0114. The lowest BCUT2D eigenvalue weighted by atomic mass is 9.95. The summed E-state index contributed by atoms with van der Waals surface area (Å²) in [5, 5.41) is 2.99. The number of benzene rings is 1. The molecular weight excluding hydrogens is 402 g/mol. The first kappa shape index (κ1) is 18.8. The van der Waals surface area contributed by atoms with E-state index in [0.717, 1.165) is 47.6 Å². The number of hydrogen-bond acceptors (Lipinski definition) is 5. The van der Waals surface area contributed by atoms with E-state index < -0.39 is 0 Å². The Balaban J connectivity index is 1.26. The molecule has 3 aromatic rings. The molecular formula is C22H23N3O2S2. The summed E-state index contributed by atoms with van der Waals surface area (Å²) >= 11 is 3.19. The smallest absolute Gasteiger partial charge is 0.263 e. The second-order valence-corrected chi connectivity index (χ2v) is 9.76. The minimum Gasteiger partial charge on any atom is -0.338 e. The van der Waals surface area contributed by atoms with E-state index in [1.807, 2.05) is 40.6 Å². The number of fused-ring (bicyclic) bond motifs is 1. The Morgan fingerprint density at radius 2 is 1.83 bits per heavy atom. The van der Waals surface area contributed by atoms with Crippen LogP contribution in [-0.4, -0.2) is 46.2 Å². The quantitative estimate of drug-likeness (QED) is 0.617. The molecule has 5 rings (SSSR count). The van der Waals surface area contributed by atoms with Crippen LogP contribution in [-0.2, 0) is 4.79 Å². The largest absolute Gasteiger partial charge is 0.338 e. The Morgan fingerprint density at radius 1 is 1.00 bits per heavy atom. The monoisotopic (exact) mass is 425 g/mol. The summed E-state index contributed by atoms with van der Waals surface area (Å²) in [6, 6.07) is 12.1. The number of rotatable bonds is 3. The molecule has 0 aliphatic carbocycles. The van der Waals surface area contributed by atoms with Crippen LogP contribution in [0.15, 0.2) is 41.8 Å². The first-order chi connectivity index (χ1) is 14.2. The summed E-state index contributed by atoms with van der Waals surface area (Å²) in [5.74, 6) is 0.353. The Labute approximate surface area is 178 Å². The van der Waals surface area contributed by atoms with Gasteiger partial charge in [-0.05, 0) is 49.3 Å². The molecule has 2 amide bonds. The Hall–Kier alpha value is -2.25. The van der Waals surface area contributed by atoms with Gasteiger partial charge in [0.25, 0.3) is 5.91 Å². The second-order valence-electron chi connectivity index (χ2n) is 7.75. The highest BCUT2D eigenvalue weighted by Crippen LogP contribution is 2.38. The van der Waals surface area contributed by atoms with Crippen molar-refractivity contribution >= 4 is 44.7 Å². The molecule has 0 spiro atoms. The van der Waals surface area contributed by atoms with Gasteiger partial charge < -0.3 is 9.80 Å². The molecule has 2 aromatic heterocycles. The molecule has 2 fully saturated rings. The fourth-order valence-electron chi connectivity index (χ4n) is 4.44. The van der Waals surface area contributed by atoms with Gasteiger partial charge in [-0.25, -0.2) is 4.98 Å². The molecule has 0 saturated carbocycles. The van der Waals surface area contributed by atoms with Crippen LogP contribution in [0.3, 0.4) is 0 Å². The number of piperidine rings is 1. The molecule has 150 valence electrons. The van der Waals surface area contributed by atoms with Gasteiger partial charge in [0.2, 0.25) is 5.91 Å². The van der Waals surface area contributed by atoms with E-state index in [9.17, 15) is 9.59 Å². The van der Waals surface area contributed by atoms with Gasteiger partial charge in [0.05, 0.1) is 21.1 Å². The van der Waals surface area contributed by atoms with E-state index >= 15 is 0 Å². The number of likely N-dealkylation sites (tertiary alicyclic amines) is 2. The summed E-state index contributed by atoms with van der Waals surface area (Å²) in [7, 11) is 0. The molecule has 2 aliphatic heterocycles. The van der Waals surface area contributed by atoms with E-state index in [2.05, 4.69) is 11.0 Å². The number of carbonyl (C=O) groups excluding carboxylic acids is 2. The van der Waals surface area contributed by atoms with Gasteiger partial charge in [0, 0.05) is 25.6 Å². The van der Waals surface area contributed by atoms with Gasteiger partial charge in [-0.2, -0.15) is 0 Å². The molecule has 0 unspecified atom stereocenters. The Morgan fingerprint density at radius 3 is 2.59 bits per heavy atom. The summed E-state index contributed by atoms with van der Waals surface area (Å²) < 4.78 is 1.18. The van der Waals surface area contributed by atoms with Crippen molar-refractivity contribution in [2.45, 2.75) is 31.7 Å². The van der Waals surface area contributed by atoms with Crippen molar-refractivity contribution in [2.24, 2.45) is 5.92 Å². The Kier molecular flexibility index (Phi) is 5.09. The van der Waals surface area contributed by atoms with E-state index in [0.29, 0.717) is 13.1 Å². The van der Waals surface area contributed by atoms with Crippen molar-refractivity contribution in [3.63, 3.8) is 0 Å². The standard InChI is InChI=1S/C22H23N3O2S2/c26-21(15-9-12-24(13-10-15)22(27)19-8-4-14-28-19)25-11-3-6-17(25)20-23-16-5-1-2-7-18(16)29-20/h1-2,4-5,7-8,14-15,17H,3,6,9-13H2/t17-/m1/s1. The van der Waals surface area contributed by atoms with Crippen LogP contribution in [0.5, 0.6) is 0 Å². The van der Waals surface area contributed by atoms with Gasteiger partial charge in [-0.1, -0.05) is 18.2 Å². The first-order valence-corrected chi connectivity index (χ1v) is 11.9. The average molecular weight is 426 g/mol. The zero-order chi connectivity index (χ0) is 19.8. The summed E-state index contributed by atoms with van der Waals surface area (Å²) in [4.78, 5) is 35.4. The molecule has 1 atom stereocenters. The van der Waals surface area contributed by atoms with Crippen LogP contribution in [0.2, 0.25) is 0 Å². The van der Waals surface area contributed by atoms with Gasteiger partial charge in [-0.3, -0.25) is 9.59 Å². The Bertz CT molecular complexity index is 989. The number of aromatic nitrogens is 1. The summed E-state index contributed by atoms with van der Waals surface area (Å²) in [5.41, 5.74) is 1.02. The first-order valence-electron chi connectivity index (χ1n) is 10.2. The SMILES string of the molecule is O=C(c1cccs1)N1CCC(C(=O)N2CCC[C@@H]2c2nc3ccccc3s2)CC1. The van der Waals surface area contributed by atoms with Gasteiger partial charge >= 0.3 is 0 Å². The summed E-state index contributed by atoms with van der Waals surface area (Å²) in [6.45, 7) is 2.13. The highest BCUT2D eigenvalue weighted by atomic mass is 32.1. The number of amides is 2. The third-order valence-corrected chi connectivity index (χ3v) is 7.99. The summed E-state index contributed by atoms with van der Waals surface area (Å²) in [6.07, 6.45) is 3.52. The van der Waals surface area contributed by atoms with Gasteiger partial charge in [0.1, 0.15) is 5.01 Å². The fourth-order valence-corrected chi connectivity index (χ4v) is 6.25. The lowest BCUT2D eigenvalue weighted by Gasteiger charge is -2.34. The molecule has 2 saturated heterocycles. The third-order valence-electron chi connectivity index (χ3n) is 5.99. The molecule has 7 heteroatoms. The molecule has 1 aromatic carbocycles. The maximum atomic E-state index is 13.3. The number of hydrogen-bond donors (Lipinski definition) is 0. The molecule has 4 heterocycles. The predicted octanol–water partition coefficient (Wildman–Crippen LogP) is 4.57. The van der Waals surface area contributed by atoms with Crippen molar-refractivity contribution in [3.05, 3.63) is 51.7 Å². The van der Waals surface area contributed by atoms with Crippen molar-refractivity contribution in [2.75, 3.05) is 19.6 Å². The molecule has 5 nitrogen and oxygen atoms in total. The number of nitrogens with zero attached hydrogens (tertiary/aromatic N) is 3. The van der Waals surface area contributed by atoms with Crippen molar-refractivity contribution < 1.29 is 9.59 Å². The highest BCUT2D eigenvalue weighted by molar-refractivity contribution is 7.18. The minimum absolute atomic E-state index is 0.0114. The zero-order valence-corrected chi connectivity index (χ0v) is 17.8. The highest BCUT2D eigenvalue weighted by Gasteiger charge is 2.37. The normalized spacial score (nSPS) is 20.5. The average Bonchev–Trinajstić information content (AvgIpc) is 3.52. The van der Waals surface area contributed by atoms with E-state index in [1.165, 1.54) is 16.0 Å².